The third-order valence-electron chi connectivity index (χ3n) is 1.85. The number of hydrogen-bond donors (Lipinski definition) is 1. The van der Waals surface area contributed by atoms with Gasteiger partial charge in [-0.2, -0.15) is 0 Å². The molecule has 0 aliphatic rings. The molecule has 0 aliphatic carbocycles. The van der Waals surface area contributed by atoms with Gasteiger partial charge < -0.3 is 14.3 Å². The van der Waals surface area contributed by atoms with E-state index >= 15 is 0 Å². The third kappa shape index (κ3) is 2.85. The van der Waals surface area contributed by atoms with E-state index in [4.69, 9.17) is 14.3 Å². The van der Waals surface area contributed by atoms with Crippen molar-refractivity contribution < 1.29 is 19.1 Å². The molecule has 1 aromatic rings. The van der Waals surface area contributed by atoms with E-state index in [-0.39, 0.29) is 16.8 Å². The molecular weight excluding hydrogens is 280 g/mol. The lowest BCUT2D eigenvalue weighted by Crippen LogP contribution is -2.14. The molecule has 0 bridgehead atoms. The van der Waals surface area contributed by atoms with E-state index in [2.05, 4.69) is 15.9 Å². The summed E-state index contributed by atoms with van der Waals surface area (Å²) in [5.41, 5.74) is -0.514. The zero-order valence-corrected chi connectivity index (χ0v) is 10.2. The van der Waals surface area contributed by atoms with Crippen molar-refractivity contribution in [2.75, 3.05) is 6.61 Å². The molecule has 0 fully saturated rings. The van der Waals surface area contributed by atoms with Gasteiger partial charge >= 0.3 is 5.97 Å². The molecule has 0 aromatic carbocycles. The van der Waals surface area contributed by atoms with Crippen LogP contribution in [0.25, 0.3) is 0 Å². The van der Waals surface area contributed by atoms with Gasteiger partial charge in [0.15, 0.2) is 0 Å². The number of rotatable bonds is 5. The smallest absolute Gasteiger partial charge is 0.375 e. The Morgan fingerprint density at radius 1 is 1.62 bits per heavy atom. The standard InChI is InChI=1S/C10H11BrO5/c1-2-3-4-15-8-7(12)6(11)5-16-9(8)10(13)14/h5H,2-4H2,1H3,(H,13,14). The second-order valence-electron chi connectivity index (χ2n) is 3.08. The predicted molar refractivity (Wildman–Crippen MR) is 60.0 cm³/mol. The van der Waals surface area contributed by atoms with Crippen molar-refractivity contribution in [2.24, 2.45) is 0 Å². The number of carboxylic acids is 1. The highest BCUT2D eigenvalue weighted by Gasteiger charge is 2.19. The molecule has 16 heavy (non-hydrogen) atoms. The predicted octanol–water partition coefficient (Wildman–Crippen LogP) is 2.28. The summed E-state index contributed by atoms with van der Waals surface area (Å²) < 4.78 is 10.1. The fraction of sp³-hybridized carbons (Fsp3) is 0.400. The van der Waals surface area contributed by atoms with Gasteiger partial charge in [-0.3, -0.25) is 4.79 Å². The Labute approximate surface area is 100 Å². The zero-order chi connectivity index (χ0) is 12.1. The van der Waals surface area contributed by atoms with Crippen LogP contribution in [0, 0.1) is 0 Å². The number of carbonyl (C=O) groups is 1. The van der Waals surface area contributed by atoms with Gasteiger partial charge in [0.1, 0.15) is 10.7 Å². The molecule has 0 amide bonds. The van der Waals surface area contributed by atoms with Crippen LogP contribution in [0.5, 0.6) is 5.75 Å². The molecule has 0 saturated heterocycles. The first-order chi connectivity index (χ1) is 7.57. The van der Waals surface area contributed by atoms with Gasteiger partial charge in [-0.25, -0.2) is 4.79 Å². The van der Waals surface area contributed by atoms with E-state index < -0.39 is 17.2 Å². The van der Waals surface area contributed by atoms with Gasteiger partial charge in [0.25, 0.3) is 5.76 Å². The van der Waals surface area contributed by atoms with Crippen molar-refractivity contribution in [2.45, 2.75) is 19.8 Å². The largest absolute Gasteiger partial charge is 0.486 e. The van der Waals surface area contributed by atoms with E-state index in [9.17, 15) is 9.59 Å². The average molecular weight is 291 g/mol. The Balaban J connectivity index is 3.06. The Bertz CT molecular complexity index is 437. The highest BCUT2D eigenvalue weighted by Crippen LogP contribution is 2.17. The third-order valence-corrected chi connectivity index (χ3v) is 2.40. The van der Waals surface area contributed by atoms with Gasteiger partial charge in [-0.15, -0.1) is 0 Å². The fourth-order valence-corrected chi connectivity index (χ4v) is 1.30. The van der Waals surface area contributed by atoms with Crippen LogP contribution in [-0.2, 0) is 0 Å². The van der Waals surface area contributed by atoms with Crippen LogP contribution in [0.15, 0.2) is 19.9 Å². The molecule has 1 rings (SSSR count). The van der Waals surface area contributed by atoms with Crippen LogP contribution in [0.3, 0.4) is 0 Å². The molecule has 1 heterocycles. The highest BCUT2D eigenvalue weighted by molar-refractivity contribution is 9.10. The van der Waals surface area contributed by atoms with Crippen LogP contribution < -0.4 is 10.2 Å². The Morgan fingerprint density at radius 2 is 2.31 bits per heavy atom. The molecule has 0 radical (unpaired) electrons. The van der Waals surface area contributed by atoms with Crippen molar-refractivity contribution in [1.29, 1.82) is 0 Å². The Kier molecular flexibility index (Phi) is 4.54. The molecule has 1 aromatic heterocycles. The van der Waals surface area contributed by atoms with Crippen molar-refractivity contribution in [3.63, 3.8) is 0 Å². The minimum Gasteiger partial charge on any atom is -0.486 e. The molecule has 88 valence electrons. The van der Waals surface area contributed by atoms with E-state index in [1.165, 1.54) is 0 Å². The lowest BCUT2D eigenvalue weighted by atomic mass is 10.3. The summed E-state index contributed by atoms with van der Waals surface area (Å²) in [6.45, 7) is 2.25. The number of aromatic carboxylic acids is 1. The summed E-state index contributed by atoms with van der Waals surface area (Å²) in [6, 6.07) is 0. The summed E-state index contributed by atoms with van der Waals surface area (Å²) >= 11 is 2.96. The number of carboxylic acid groups (broad SMARTS) is 1. The second kappa shape index (κ2) is 5.69. The van der Waals surface area contributed by atoms with Gasteiger partial charge in [-0.1, -0.05) is 13.3 Å². The first-order valence-electron chi connectivity index (χ1n) is 4.75. The number of hydrogen-bond acceptors (Lipinski definition) is 4. The minimum absolute atomic E-state index is 0.143. The molecule has 0 unspecified atom stereocenters. The quantitative estimate of drug-likeness (QED) is 0.842. The molecule has 6 heteroatoms. The van der Waals surface area contributed by atoms with Crippen LogP contribution in [0.4, 0.5) is 0 Å². The molecule has 0 aliphatic heterocycles. The highest BCUT2D eigenvalue weighted by atomic mass is 79.9. The normalized spacial score (nSPS) is 10.1. The molecule has 0 atom stereocenters. The number of ether oxygens (including phenoxy) is 1. The van der Waals surface area contributed by atoms with Crippen LogP contribution in [-0.4, -0.2) is 17.7 Å². The molecular formula is C10H11BrO5. The van der Waals surface area contributed by atoms with Crippen LogP contribution in [0.2, 0.25) is 0 Å². The Hall–Kier alpha value is -1.30. The number of halogens is 1. The van der Waals surface area contributed by atoms with Gasteiger partial charge in [0, 0.05) is 0 Å². The summed E-state index contributed by atoms with van der Waals surface area (Å²) in [5, 5.41) is 8.81. The first-order valence-corrected chi connectivity index (χ1v) is 5.54. The molecule has 5 nitrogen and oxygen atoms in total. The maximum Gasteiger partial charge on any atom is 0.375 e. The summed E-state index contributed by atoms with van der Waals surface area (Å²) in [5.74, 6) is -2.05. The maximum absolute atomic E-state index is 11.6. The van der Waals surface area contributed by atoms with Crippen molar-refractivity contribution in [3.8, 4) is 5.75 Å². The van der Waals surface area contributed by atoms with Crippen molar-refractivity contribution >= 4 is 21.9 Å². The SMILES string of the molecule is CCCCOc1c(C(=O)O)occ(Br)c1=O. The Morgan fingerprint density at radius 3 is 2.88 bits per heavy atom. The minimum atomic E-state index is -1.32. The summed E-state index contributed by atoms with van der Waals surface area (Å²) in [6.07, 6.45) is 2.67. The summed E-state index contributed by atoms with van der Waals surface area (Å²) in [7, 11) is 0. The summed E-state index contributed by atoms with van der Waals surface area (Å²) in [4.78, 5) is 22.4. The number of unbranched alkanes of at least 4 members (excludes halogenated alkanes) is 1. The van der Waals surface area contributed by atoms with E-state index in [1.807, 2.05) is 6.92 Å². The van der Waals surface area contributed by atoms with E-state index in [0.717, 1.165) is 19.1 Å². The fourth-order valence-electron chi connectivity index (χ4n) is 1.03. The second-order valence-corrected chi connectivity index (χ2v) is 3.93. The van der Waals surface area contributed by atoms with Gasteiger partial charge in [0.05, 0.1) is 6.61 Å². The van der Waals surface area contributed by atoms with Gasteiger partial charge in [0.2, 0.25) is 11.2 Å². The van der Waals surface area contributed by atoms with E-state index in [0.29, 0.717) is 0 Å². The van der Waals surface area contributed by atoms with E-state index in [1.54, 1.807) is 0 Å². The maximum atomic E-state index is 11.6. The molecule has 1 N–H and O–H groups in total. The molecule has 0 saturated carbocycles. The molecule has 0 spiro atoms. The van der Waals surface area contributed by atoms with Crippen molar-refractivity contribution in [3.05, 3.63) is 26.7 Å². The van der Waals surface area contributed by atoms with Gasteiger partial charge in [-0.05, 0) is 22.4 Å². The van der Waals surface area contributed by atoms with Crippen LogP contribution >= 0.6 is 15.9 Å². The zero-order valence-electron chi connectivity index (χ0n) is 8.66. The monoisotopic (exact) mass is 290 g/mol. The topological polar surface area (TPSA) is 76.7 Å². The van der Waals surface area contributed by atoms with Crippen LogP contribution in [0.1, 0.15) is 30.3 Å². The average Bonchev–Trinajstić information content (AvgIpc) is 2.24. The lowest BCUT2D eigenvalue weighted by molar-refractivity contribution is 0.0650. The lowest BCUT2D eigenvalue weighted by Gasteiger charge is -2.06. The van der Waals surface area contributed by atoms with Crippen molar-refractivity contribution in [1.82, 2.24) is 0 Å². The first kappa shape index (κ1) is 12.8.